The molecule has 0 amide bonds. The zero-order valence-corrected chi connectivity index (χ0v) is 77.3. The largest absolute Gasteiger partial charge is 1.00 e. The van der Waals surface area contributed by atoms with Crippen LogP contribution in [-0.4, -0.2) is 143 Å². The van der Waals surface area contributed by atoms with E-state index in [0.717, 1.165) is 24.2 Å². The molecule has 0 saturated heterocycles. The van der Waals surface area contributed by atoms with E-state index in [0.29, 0.717) is 86.9 Å². The van der Waals surface area contributed by atoms with Crippen LogP contribution in [0.1, 0.15) is 167 Å². The van der Waals surface area contributed by atoms with Crippen molar-refractivity contribution >= 4 is 183 Å². The second-order valence-electron chi connectivity index (χ2n) is 29.0. The van der Waals surface area contributed by atoms with Crippen molar-refractivity contribution in [1.82, 2.24) is 0 Å². The number of fused-ring (bicyclic) bond motifs is 4. The molecule has 4 aliphatic rings. The minimum atomic E-state index is -4.74. The van der Waals surface area contributed by atoms with Gasteiger partial charge in [0.1, 0.15) is 34.3 Å². The summed E-state index contributed by atoms with van der Waals surface area (Å²) >= 11 is 9.63. The summed E-state index contributed by atoms with van der Waals surface area (Å²) in [5.41, 5.74) is 11.3. The van der Waals surface area contributed by atoms with Crippen LogP contribution in [0.2, 0.25) is 0 Å². The highest BCUT2D eigenvalue weighted by Crippen LogP contribution is 2.52. The molecule has 0 bridgehead atoms. The van der Waals surface area contributed by atoms with E-state index in [9.17, 15) is 62.0 Å². The summed E-state index contributed by atoms with van der Waals surface area (Å²) in [6.07, 6.45) is 33.4. The average Bonchev–Trinajstić information content (AvgIpc) is 1.60. The monoisotopic (exact) mass is 2140 g/mol. The van der Waals surface area contributed by atoms with Gasteiger partial charge in [-0.15, -0.1) is 0 Å². The van der Waals surface area contributed by atoms with Crippen LogP contribution in [0, 0.1) is 14.3 Å². The molecule has 5 aromatic carbocycles. The Morgan fingerprint density at radius 1 is 0.564 bits per heavy atom. The molecule has 4 N–H and O–H groups in total. The maximum Gasteiger partial charge on any atom is 0.373 e. The molecule has 29 heteroatoms. The van der Waals surface area contributed by atoms with E-state index in [-0.39, 0.29) is 59.0 Å². The van der Waals surface area contributed by atoms with Gasteiger partial charge >= 0.3 is 11.9 Å². The molecule has 0 saturated carbocycles. The van der Waals surface area contributed by atoms with Gasteiger partial charge in [-0.25, -0.2) is 21.6 Å². The summed E-state index contributed by atoms with van der Waals surface area (Å²) < 4.78 is 145. The van der Waals surface area contributed by atoms with E-state index in [1.54, 1.807) is 17.6 Å². The summed E-state index contributed by atoms with van der Waals surface area (Å²) in [6, 6.07) is 26.9. The van der Waals surface area contributed by atoms with Gasteiger partial charge in [0.05, 0.1) is 48.7 Å². The van der Waals surface area contributed by atoms with Crippen molar-refractivity contribution in [3.63, 3.8) is 0 Å². The van der Waals surface area contributed by atoms with Gasteiger partial charge in [-0.2, -0.15) is 30.6 Å². The van der Waals surface area contributed by atoms with Gasteiger partial charge in [-0.1, -0.05) is 124 Å². The number of anilines is 1. The van der Waals surface area contributed by atoms with Crippen LogP contribution in [0.25, 0.3) is 0 Å². The fourth-order valence-electron chi connectivity index (χ4n) is 14.9. The van der Waals surface area contributed by atoms with Crippen molar-refractivity contribution in [2.75, 3.05) is 37.0 Å². The quantitative estimate of drug-likeness (QED) is 0.0102. The molecule has 20 nitrogen and oxygen atoms in total. The van der Waals surface area contributed by atoms with Crippen LogP contribution in [0.3, 0.4) is 0 Å². The Morgan fingerprint density at radius 3 is 1.54 bits per heavy atom. The number of allylic oxidation sites excluding steroid dienone is 14. The van der Waals surface area contributed by atoms with Crippen LogP contribution in [0.15, 0.2) is 185 Å². The van der Waals surface area contributed by atoms with Crippen molar-refractivity contribution in [3.05, 3.63) is 218 Å². The molecule has 596 valence electrons. The van der Waals surface area contributed by atoms with Crippen LogP contribution >= 0.6 is 90.4 Å². The van der Waals surface area contributed by atoms with Crippen LogP contribution in [-0.2, 0) is 78.1 Å². The highest BCUT2D eigenvalue weighted by Gasteiger charge is 2.51. The molecule has 110 heavy (non-hydrogen) atoms. The number of nitrogens with zero attached hydrogens (tertiary/aromatic N) is 4. The van der Waals surface area contributed by atoms with Crippen molar-refractivity contribution in [2.45, 2.75) is 183 Å². The molecule has 3 atom stereocenters. The molecule has 9 rings (SSSR count). The second-order valence-corrected chi connectivity index (χ2v) is 39.7. The van der Waals surface area contributed by atoms with Crippen LogP contribution in [0.5, 0.6) is 0 Å². The molecule has 0 spiro atoms. The molecule has 4 aliphatic heterocycles. The molecule has 4 heterocycles. The lowest BCUT2D eigenvalue weighted by atomic mass is 9.76. The molecular weight excluding hydrogens is 2050 g/mol. The van der Waals surface area contributed by atoms with Gasteiger partial charge in [0.15, 0.2) is 17.1 Å². The topological polar surface area (TPSA) is 310 Å². The Morgan fingerprint density at radius 2 is 1.05 bits per heavy atom. The summed E-state index contributed by atoms with van der Waals surface area (Å²) in [5, 5.41) is 18.9. The average molecular weight is 2150 g/mol. The fraction of sp³-hybridized carbons (Fsp3) is 0.395. The van der Waals surface area contributed by atoms with Crippen molar-refractivity contribution in [2.24, 2.45) is 0 Å². The molecule has 0 fully saturated rings. The van der Waals surface area contributed by atoms with E-state index in [1.165, 1.54) is 84.1 Å². The first-order chi connectivity index (χ1) is 50.9. The summed E-state index contributed by atoms with van der Waals surface area (Å²) in [5.74, 6) is -2.66. The highest BCUT2D eigenvalue weighted by atomic mass is 127. The molecule has 0 radical (unpaired) electrons. The van der Waals surface area contributed by atoms with Gasteiger partial charge in [-0.05, 0) is 243 Å². The molecule has 5 aromatic rings. The van der Waals surface area contributed by atoms with Crippen molar-refractivity contribution < 1.29 is 109 Å². The summed E-state index contributed by atoms with van der Waals surface area (Å²) in [4.78, 5) is 24.4. The lowest BCUT2D eigenvalue weighted by Crippen LogP contribution is -3.00. The SMILES string of the molecule is CCCCC(C(=O)O)[N+]1=C(C)C(C)(CCCCS(=O)(=O)O)c2cc(S(=O)(=O)[O-])ccc21.C[N+]1=C(/C=C/C=C/C=C/C=C2\N(CCCCCC(=O)O)c3ccc(S(=O)(=O)[O-])cc3C2(C)CCCCS(=O)(=O)O)C(C)(C)c2c(I)cc(I)cc21.C[N+]1=C(/C=C/C=C/C=C/Cc2ccccc2)C(C)(C)c2c(I)cc(I)cc21.[I-]. The molecule has 3 unspecified atom stereocenters. The zero-order chi connectivity index (χ0) is 80.8. The first-order valence-corrected chi connectivity index (χ1v) is 46.2. The zero-order valence-electron chi connectivity index (χ0n) is 63.3. The van der Waals surface area contributed by atoms with E-state index < -0.39 is 85.7 Å². The van der Waals surface area contributed by atoms with E-state index in [2.05, 4.69) is 243 Å². The van der Waals surface area contributed by atoms with Gasteiger partial charge in [0.2, 0.25) is 17.1 Å². The van der Waals surface area contributed by atoms with Gasteiger partial charge in [0.25, 0.3) is 26.3 Å². The minimum Gasteiger partial charge on any atom is -1.00 e. The first-order valence-electron chi connectivity index (χ1n) is 35.8. The van der Waals surface area contributed by atoms with Crippen LogP contribution in [0.4, 0.5) is 22.7 Å². The van der Waals surface area contributed by atoms with Gasteiger partial charge in [-0.3, -0.25) is 13.9 Å². The van der Waals surface area contributed by atoms with Crippen molar-refractivity contribution in [1.29, 1.82) is 0 Å². The number of rotatable bonds is 32. The lowest BCUT2D eigenvalue weighted by Gasteiger charge is -2.30. The number of benzene rings is 5. The maximum absolute atomic E-state index is 12.1. The number of carboxylic acids is 2. The number of aliphatic carboxylic acids is 2. The van der Waals surface area contributed by atoms with E-state index in [1.807, 2.05) is 57.2 Å². The Balaban J connectivity index is 0.000000274. The fourth-order valence-corrected chi connectivity index (χ4v) is 22.0. The number of carboxylic acid groups (broad SMARTS) is 2. The van der Waals surface area contributed by atoms with Crippen molar-refractivity contribution in [3.8, 4) is 0 Å². The van der Waals surface area contributed by atoms with Gasteiger partial charge in [0, 0.05) is 93.3 Å². The third kappa shape index (κ3) is 24.2. The lowest BCUT2D eigenvalue weighted by molar-refractivity contribution is -0.473. The normalized spacial score (nSPS) is 18.7. The molecular formula is C81H97I5N4O16S4. The van der Waals surface area contributed by atoms with E-state index in [4.69, 9.17) is 9.66 Å². The summed E-state index contributed by atoms with van der Waals surface area (Å²) in [7, 11) is -13.5. The van der Waals surface area contributed by atoms with Gasteiger partial charge < -0.3 is 48.2 Å². The first kappa shape index (κ1) is 94.2. The Kier molecular flexibility index (Phi) is 34.5. The third-order valence-corrected chi connectivity index (χ3v) is 26.8. The highest BCUT2D eigenvalue weighted by molar-refractivity contribution is 14.1. The van der Waals surface area contributed by atoms with Crippen LogP contribution < -0.4 is 28.9 Å². The third-order valence-electron chi connectivity index (χ3n) is 20.5. The Hall–Kier alpha value is -4.68. The molecule has 0 aromatic heterocycles. The number of unbranched alkanes of at least 4 members (excludes halogenated alkanes) is 5. The number of carbonyl (C=O) groups is 2. The Labute approximate surface area is 721 Å². The smallest absolute Gasteiger partial charge is 0.373 e. The number of halogens is 5. The van der Waals surface area contributed by atoms with E-state index >= 15 is 0 Å². The standard InChI is InChI=1S/C37H44I2N2O8S2.C24H24I2N.C20H29NO8S2.HI/c1-36(2)32(40(4)31-24-26(38)23-29(39)35(31)36)15-9-6-5-7-10-16-33-37(3,20-12-14-22-50(44,45)46)28-25-27(51(47,48)49)18-19-30(28)41(33)21-13-8-11-17-34(42)43;1-24(2)22(27(3)21-17-19(25)16-20(26)23(21)24)15-11-6-4-5-8-12-18-13-9-7-10-14-18;1-4-5-8-18(19(22)23)21-14(2)20(3,11-6-7-12-30(24,25)26)16-13-15(31(27,28)29)9-10-17(16)21;/h5-7,9-10,15-16,18-19,23-25H,8,11-14,17,20-22H2,1-4H3,(H2-,42,43,44,45,46,47,48,49);4-11,13-17H,12H2,1-3H3;9-10,13,18H,4-8,11-12H2,1-3H3,(H2-,22,23,24,25,26,27,28,29);1H/q;+1;;/p-1/b;6-4+,8-5+,15-11+;;. The predicted octanol–water partition coefficient (Wildman–Crippen LogP) is 14.3. The Bertz CT molecular complexity index is 5070. The minimum absolute atomic E-state index is 0. The summed E-state index contributed by atoms with van der Waals surface area (Å²) in [6.45, 7) is 17.1. The second kappa shape index (κ2) is 40.3. The maximum atomic E-state index is 12.1. The number of hydrogen-bond donors (Lipinski definition) is 4. The predicted molar refractivity (Wildman–Crippen MR) is 464 cm³/mol. The molecule has 0 aliphatic carbocycles. The number of hydrogen-bond acceptors (Lipinski definition) is 13.